The first-order valence-electron chi connectivity index (χ1n) is 6.32. The SMILES string of the molecule is NCCNC(=O)C1CCCCCCCC1. The zero-order valence-electron chi connectivity index (χ0n) is 9.63. The van der Waals surface area contributed by atoms with Crippen molar-refractivity contribution in [1.82, 2.24) is 5.32 Å². The van der Waals surface area contributed by atoms with E-state index < -0.39 is 0 Å². The summed E-state index contributed by atoms with van der Waals surface area (Å²) in [5.74, 6) is 0.469. The zero-order chi connectivity index (χ0) is 10.9. The van der Waals surface area contributed by atoms with Crippen LogP contribution in [0.4, 0.5) is 0 Å². The second-order valence-electron chi connectivity index (χ2n) is 4.48. The Balaban J connectivity index is 2.31. The van der Waals surface area contributed by atoms with Crippen LogP contribution in [0.1, 0.15) is 51.4 Å². The molecule has 1 rings (SSSR count). The predicted octanol–water partition coefficient (Wildman–Crippen LogP) is 1.81. The van der Waals surface area contributed by atoms with Crippen LogP contribution in [-0.4, -0.2) is 19.0 Å². The van der Waals surface area contributed by atoms with Crippen LogP contribution in [0.15, 0.2) is 0 Å². The highest BCUT2D eigenvalue weighted by Gasteiger charge is 2.17. The van der Waals surface area contributed by atoms with Crippen molar-refractivity contribution in [3.8, 4) is 0 Å². The molecule has 3 N–H and O–H groups in total. The van der Waals surface area contributed by atoms with Gasteiger partial charge in [-0.2, -0.15) is 0 Å². The maximum atomic E-state index is 11.8. The summed E-state index contributed by atoms with van der Waals surface area (Å²) in [6, 6.07) is 0. The molecule has 3 nitrogen and oxygen atoms in total. The van der Waals surface area contributed by atoms with Crippen LogP contribution in [0.5, 0.6) is 0 Å². The lowest BCUT2D eigenvalue weighted by Crippen LogP contribution is -2.34. The fourth-order valence-corrected chi connectivity index (χ4v) is 2.23. The van der Waals surface area contributed by atoms with Gasteiger partial charge in [0.25, 0.3) is 0 Å². The van der Waals surface area contributed by atoms with Crippen LogP contribution in [0, 0.1) is 5.92 Å². The lowest BCUT2D eigenvalue weighted by molar-refractivity contribution is -0.125. The van der Waals surface area contributed by atoms with Gasteiger partial charge in [0.1, 0.15) is 0 Å². The topological polar surface area (TPSA) is 55.1 Å². The molecular weight excluding hydrogens is 188 g/mol. The molecule has 15 heavy (non-hydrogen) atoms. The number of nitrogens with one attached hydrogen (secondary N) is 1. The molecule has 0 aromatic carbocycles. The predicted molar refractivity (Wildman–Crippen MR) is 62.5 cm³/mol. The van der Waals surface area contributed by atoms with Gasteiger partial charge in [-0.15, -0.1) is 0 Å². The van der Waals surface area contributed by atoms with Gasteiger partial charge in [0.05, 0.1) is 0 Å². The van der Waals surface area contributed by atoms with Gasteiger partial charge >= 0.3 is 0 Å². The fraction of sp³-hybridized carbons (Fsp3) is 0.917. The van der Waals surface area contributed by atoms with Gasteiger partial charge < -0.3 is 11.1 Å². The first-order chi connectivity index (χ1) is 7.34. The molecule has 0 heterocycles. The first-order valence-corrected chi connectivity index (χ1v) is 6.32. The van der Waals surface area contributed by atoms with Crippen LogP contribution < -0.4 is 11.1 Å². The summed E-state index contributed by atoms with van der Waals surface area (Å²) in [6.45, 7) is 1.16. The molecule has 1 amide bonds. The van der Waals surface area contributed by atoms with Crippen molar-refractivity contribution < 1.29 is 4.79 Å². The van der Waals surface area contributed by atoms with Crippen molar-refractivity contribution in [2.24, 2.45) is 11.7 Å². The Labute approximate surface area is 92.8 Å². The van der Waals surface area contributed by atoms with Crippen molar-refractivity contribution in [3.05, 3.63) is 0 Å². The Hall–Kier alpha value is -0.570. The van der Waals surface area contributed by atoms with E-state index in [1.54, 1.807) is 0 Å². The number of rotatable bonds is 3. The summed E-state index contributed by atoms with van der Waals surface area (Å²) in [7, 11) is 0. The fourth-order valence-electron chi connectivity index (χ4n) is 2.23. The molecule has 1 fully saturated rings. The average Bonchev–Trinajstić information content (AvgIpc) is 2.38. The summed E-state index contributed by atoms with van der Waals surface area (Å²) >= 11 is 0. The minimum Gasteiger partial charge on any atom is -0.355 e. The van der Waals surface area contributed by atoms with E-state index in [9.17, 15) is 4.79 Å². The Morgan fingerprint density at radius 2 is 1.60 bits per heavy atom. The molecule has 3 heteroatoms. The Kier molecular flexibility index (Phi) is 6.41. The molecule has 0 bridgehead atoms. The second kappa shape index (κ2) is 7.69. The lowest BCUT2D eigenvalue weighted by Gasteiger charge is -2.15. The molecule has 88 valence electrons. The zero-order valence-corrected chi connectivity index (χ0v) is 9.63. The standard InChI is InChI=1S/C12H24N2O/c13-9-10-14-12(15)11-7-5-3-1-2-4-6-8-11/h11H,1-10,13H2,(H,14,15). The molecule has 0 aromatic rings. The number of hydrogen-bond acceptors (Lipinski definition) is 2. The highest BCUT2D eigenvalue weighted by Crippen LogP contribution is 2.21. The number of nitrogens with two attached hydrogens (primary N) is 1. The Bertz CT molecular complexity index is 172. The number of carbonyl (C=O) groups is 1. The molecule has 1 saturated carbocycles. The van der Waals surface area contributed by atoms with E-state index in [0.29, 0.717) is 13.1 Å². The minimum absolute atomic E-state index is 0.224. The van der Waals surface area contributed by atoms with Crippen LogP contribution in [0.25, 0.3) is 0 Å². The van der Waals surface area contributed by atoms with E-state index in [1.165, 1.54) is 38.5 Å². The van der Waals surface area contributed by atoms with Crippen LogP contribution in [0.2, 0.25) is 0 Å². The molecular formula is C12H24N2O. The van der Waals surface area contributed by atoms with E-state index in [4.69, 9.17) is 5.73 Å². The van der Waals surface area contributed by atoms with E-state index in [-0.39, 0.29) is 11.8 Å². The lowest BCUT2D eigenvalue weighted by atomic mass is 9.96. The maximum Gasteiger partial charge on any atom is 0.223 e. The molecule has 0 spiro atoms. The van der Waals surface area contributed by atoms with Crippen molar-refractivity contribution in [2.75, 3.05) is 13.1 Å². The third-order valence-electron chi connectivity index (χ3n) is 3.17. The van der Waals surface area contributed by atoms with Gasteiger partial charge in [-0.05, 0) is 12.8 Å². The average molecular weight is 212 g/mol. The van der Waals surface area contributed by atoms with Crippen LogP contribution in [-0.2, 0) is 4.79 Å². The number of amides is 1. The first kappa shape index (κ1) is 12.5. The third-order valence-corrected chi connectivity index (χ3v) is 3.17. The summed E-state index contributed by atoms with van der Waals surface area (Å²) in [4.78, 5) is 11.8. The van der Waals surface area contributed by atoms with Crippen molar-refractivity contribution >= 4 is 5.91 Å². The monoisotopic (exact) mass is 212 g/mol. The van der Waals surface area contributed by atoms with E-state index in [0.717, 1.165) is 12.8 Å². The highest BCUT2D eigenvalue weighted by molar-refractivity contribution is 5.78. The van der Waals surface area contributed by atoms with Crippen LogP contribution >= 0.6 is 0 Å². The van der Waals surface area contributed by atoms with Gasteiger partial charge in [0.15, 0.2) is 0 Å². The Morgan fingerprint density at radius 1 is 1.07 bits per heavy atom. The normalized spacial score (nSPS) is 20.1. The summed E-state index contributed by atoms with van der Waals surface area (Å²) < 4.78 is 0. The maximum absolute atomic E-state index is 11.8. The second-order valence-corrected chi connectivity index (χ2v) is 4.48. The van der Waals surface area contributed by atoms with Crippen molar-refractivity contribution in [3.63, 3.8) is 0 Å². The molecule has 1 aliphatic rings. The smallest absolute Gasteiger partial charge is 0.223 e. The molecule has 0 aliphatic heterocycles. The highest BCUT2D eigenvalue weighted by atomic mass is 16.1. The molecule has 0 atom stereocenters. The molecule has 0 saturated heterocycles. The van der Waals surface area contributed by atoms with Crippen molar-refractivity contribution in [2.45, 2.75) is 51.4 Å². The summed E-state index contributed by atoms with van der Waals surface area (Å²) in [5.41, 5.74) is 5.37. The van der Waals surface area contributed by atoms with Gasteiger partial charge in [-0.1, -0.05) is 38.5 Å². The summed E-state index contributed by atoms with van der Waals surface area (Å²) in [6.07, 6.45) is 9.82. The van der Waals surface area contributed by atoms with Gasteiger partial charge in [-0.3, -0.25) is 4.79 Å². The largest absolute Gasteiger partial charge is 0.355 e. The number of carbonyl (C=O) groups excluding carboxylic acids is 1. The Morgan fingerprint density at radius 3 is 2.13 bits per heavy atom. The minimum atomic E-state index is 0.224. The van der Waals surface area contributed by atoms with E-state index in [2.05, 4.69) is 5.32 Å². The quantitative estimate of drug-likeness (QED) is 0.749. The van der Waals surface area contributed by atoms with E-state index in [1.807, 2.05) is 0 Å². The molecule has 0 radical (unpaired) electrons. The molecule has 0 aromatic heterocycles. The third kappa shape index (κ3) is 5.17. The molecule has 0 unspecified atom stereocenters. The van der Waals surface area contributed by atoms with Crippen molar-refractivity contribution in [1.29, 1.82) is 0 Å². The van der Waals surface area contributed by atoms with Gasteiger partial charge in [-0.25, -0.2) is 0 Å². The number of hydrogen-bond donors (Lipinski definition) is 2. The molecule has 1 aliphatic carbocycles. The summed E-state index contributed by atoms with van der Waals surface area (Å²) in [5, 5.41) is 2.91. The van der Waals surface area contributed by atoms with Crippen LogP contribution in [0.3, 0.4) is 0 Å². The van der Waals surface area contributed by atoms with Gasteiger partial charge in [0, 0.05) is 19.0 Å². The van der Waals surface area contributed by atoms with Gasteiger partial charge in [0.2, 0.25) is 5.91 Å². The van der Waals surface area contributed by atoms with E-state index >= 15 is 0 Å².